The van der Waals surface area contributed by atoms with Gasteiger partial charge in [0.25, 0.3) is 5.91 Å². The van der Waals surface area contributed by atoms with Crippen molar-refractivity contribution in [3.63, 3.8) is 0 Å². The van der Waals surface area contributed by atoms with Crippen molar-refractivity contribution in [2.45, 2.75) is 20.4 Å². The van der Waals surface area contributed by atoms with Gasteiger partial charge in [-0.25, -0.2) is 4.68 Å². The number of rotatable bonds is 6. The van der Waals surface area contributed by atoms with Gasteiger partial charge in [-0.3, -0.25) is 9.59 Å². The Morgan fingerprint density at radius 1 is 1.11 bits per heavy atom. The fourth-order valence-electron chi connectivity index (χ4n) is 2.58. The highest BCUT2D eigenvalue weighted by atomic mass is 16.5. The zero-order chi connectivity index (χ0) is 19.2. The Kier molecular flexibility index (Phi) is 5.66. The van der Waals surface area contributed by atoms with Crippen LogP contribution in [0, 0.1) is 6.92 Å². The molecule has 1 aromatic heterocycles. The number of benzene rings is 2. The standard InChI is InChI=1S/C21H21N3O3/c1-3-27-19-13-18(25)20(21(26)22-14-16-7-5-4-6-8-16)23-24(19)17-11-9-15(2)10-12-17/h4-13H,3,14H2,1-2H3,(H,22,26). The zero-order valence-corrected chi connectivity index (χ0v) is 15.3. The molecule has 6 nitrogen and oxygen atoms in total. The number of carbonyl (C=O) groups excluding carboxylic acids is 1. The Bertz CT molecular complexity index is 980. The Morgan fingerprint density at radius 2 is 1.81 bits per heavy atom. The van der Waals surface area contributed by atoms with Crippen LogP contribution in [-0.4, -0.2) is 22.3 Å². The van der Waals surface area contributed by atoms with Crippen molar-refractivity contribution in [3.8, 4) is 11.6 Å². The molecule has 0 aliphatic rings. The van der Waals surface area contributed by atoms with Crippen LogP contribution in [-0.2, 0) is 6.54 Å². The summed E-state index contributed by atoms with van der Waals surface area (Å²) in [5, 5.41) is 7.01. The van der Waals surface area contributed by atoms with Crippen LogP contribution in [0.25, 0.3) is 5.69 Å². The molecule has 1 N–H and O–H groups in total. The number of aromatic nitrogens is 2. The Balaban J connectivity index is 1.93. The molecule has 0 aliphatic carbocycles. The molecule has 1 heterocycles. The highest BCUT2D eigenvalue weighted by molar-refractivity contribution is 5.92. The summed E-state index contributed by atoms with van der Waals surface area (Å²) in [5.41, 5.74) is 2.10. The van der Waals surface area contributed by atoms with Crippen LogP contribution in [0.1, 0.15) is 28.5 Å². The highest BCUT2D eigenvalue weighted by Gasteiger charge is 2.17. The molecule has 0 radical (unpaired) electrons. The van der Waals surface area contributed by atoms with Crippen LogP contribution in [0.15, 0.2) is 65.5 Å². The minimum Gasteiger partial charge on any atom is -0.478 e. The third-order valence-electron chi connectivity index (χ3n) is 3.98. The normalized spacial score (nSPS) is 10.4. The van der Waals surface area contributed by atoms with Gasteiger partial charge < -0.3 is 10.1 Å². The number of nitrogens with one attached hydrogen (secondary N) is 1. The van der Waals surface area contributed by atoms with Gasteiger partial charge in [-0.05, 0) is 31.5 Å². The second-order valence-corrected chi connectivity index (χ2v) is 6.04. The Hall–Kier alpha value is -3.41. The van der Waals surface area contributed by atoms with E-state index in [0.717, 1.165) is 11.1 Å². The summed E-state index contributed by atoms with van der Waals surface area (Å²) < 4.78 is 7.01. The summed E-state index contributed by atoms with van der Waals surface area (Å²) >= 11 is 0. The van der Waals surface area contributed by atoms with E-state index in [0.29, 0.717) is 24.7 Å². The van der Waals surface area contributed by atoms with Crippen molar-refractivity contribution in [1.29, 1.82) is 0 Å². The molecule has 0 bridgehead atoms. The minimum absolute atomic E-state index is 0.171. The minimum atomic E-state index is -0.521. The van der Waals surface area contributed by atoms with E-state index in [4.69, 9.17) is 4.74 Å². The van der Waals surface area contributed by atoms with Crippen molar-refractivity contribution in [3.05, 3.63) is 87.7 Å². The molecule has 3 aromatic rings. The van der Waals surface area contributed by atoms with Crippen LogP contribution in [0.4, 0.5) is 0 Å². The van der Waals surface area contributed by atoms with E-state index < -0.39 is 11.3 Å². The van der Waals surface area contributed by atoms with E-state index in [-0.39, 0.29) is 5.69 Å². The molecule has 1 amide bonds. The number of carbonyl (C=O) groups is 1. The first kappa shape index (κ1) is 18.4. The van der Waals surface area contributed by atoms with Crippen LogP contribution in [0.2, 0.25) is 0 Å². The van der Waals surface area contributed by atoms with Gasteiger partial charge in [-0.2, -0.15) is 5.10 Å². The number of nitrogens with zero attached hydrogens (tertiary/aromatic N) is 2. The summed E-state index contributed by atoms with van der Waals surface area (Å²) in [6, 6.07) is 18.4. The summed E-state index contributed by atoms with van der Waals surface area (Å²) in [6.07, 6.45) is 0. The second kappa shape index (κ2) is 8.31. The first-order valence-corrected chi connectivity index (χ1v) is 8.75. The van der Waals surface area contributed by atoms with Gasteiger partial charge in [0.2, 0.25) is 11.3 Å². The van der Waals surface area contributed by atoms with Crippen LogP contribution in [0.5, 0.6) is 5.88 Å². The first-order valence-electron chi connectivity index (χ1n) is 8.75. The van der Waals surface area contributed by atoms with E-state index in [1.165, 1.54) is 10.7 Å². The molecule has 0 spiro atoms. The van der Waals surface area contributed by atoms with Gasteiger partial charge in [-0.15, -0.1) is 0 Å². The highest BCUT2D eigenvalue weighted by Crippen LogP contribution is 2.16. The molecule has 2 aromatic carbocycles. The van der Waals surface area contributed by atoms with E-state index in [9.17, 15) is 9.59 Å². The van der Waals surface area contributed by atoms with Crippen LogP contribution < -0.4 is 15.5 Å². The third-order valence-corrected chi connectivity index (χ3v) is 3.98. The molecule has 0 unspecified atom stereocenters. The van der Waals surface area contributed by atoms with Crippen LogP contribution in [0.3, 0.4) is 0 Å². The van der Waals surface area contributed by atoms with Gasteiger partial charge in [0, 0.05) is 6.54 Å². The Morgan fingerprint density at radius 3 is 2.48 bits per heavy atom. The van der Waals surface area contributed by atoms with E-state index in [1.807, 2.05) is 68.4 Å². The fourth-order valence-corrected chi connectivity index (χ4v) is 2.58. The van der Waals surface area contributed by atoms with Crippen molar-refractivity contribution in [1.82, 2.24) is 15.1 Å². The quantitative estimate of drug-likeness (QED) is 0.731. The smallest absolute Gasteiger partial charge is 0.276 e. The lowest BCUT2D eigenvalue weighted by Crippen LogP contribution is -2.31. The molecule has 0 saturated carbocycles. The van der Waals surface area contributed by atoms with Crippen molar-refractivity contribution in [2.24, 2.45) is 0 Å². The molecular formula is C21H21N3O3. The summed E-state index contributed by atoms with van der Waals surface area (Å²) in [5.74, 6) is -0.223. The summed E-state index contributed by atoms with van der Waals surface area (Å²) in [7, 11) is 0. The molecular weight excluding hydrogens is 342 g/mol. The molecule has 0 fully saturated rings. The van der Waals surface area contributed by atoms with Crippen molar-refractivity contribution in [2.75, 3.05) is 6.61 Å². The number of hydrogen-bond acceptors (Lipinski definition) is 4. The SMILES string of the molecule is CCOc1cc(=O)c(C(=O)NCc2ccccc2)nn1-c1ccc(C)cc1. The largest absolute Gasteiger partial charge is 0.478 e. The van der Waals surface area contributed by atoms with E-state index >= 15 is 0 Å². The molecule has 0 atom stereocenters. The molecule has 0 aliphatic heterocycles. The van der Waals surface area contributed by atoms with Gasteiger partial charge in [0.1, 0.15) is 0 Å². The van der Waals surface area contributed by atoms with Gasteiger partial charge in [-0.1, -0.05) is 48.0 Å². The lowest BCUT2D eigenvalue weighted by Gasteiger charge is -2.14. The first-order chi connectivity index (χ1) is 13.1. The topological polar surface area (TPSA) is 73.2 Å². The number of ether oxygens (including phenoxy) is 1. The predicted molar refractivity (Wildman–Crippen MR) is 103 cm³/mol. The fraction of sp³-hybridized carbons (Fsp3) is 0.190. The van der Waals surface area contributed by atoms with Crippen molar-refractivity contribution < 1.29 is 9.53 Å². The van der Waals surface area contributed by atoms with Gasteiger partial charge in [0.15, 0.2) is 5.69 Å². The number of hydrogen-bond donors (Lipinski definition) is 1. The number of aryl methyl sites for hydroxylation is 1. The summed E-state index contributed by atoms with van der Waals surface area (Å²) in [6.45, 7) is 4.50. The lowest BCUT2D eigenvalue weighted by molar-refractivity contribution is 0.0942. The van der Waals surface area contributed by atoms with Crippen LogP contribution >= 0.6 is 0 Å². The average molecular weight is 363 g/mol. The summed E-state index contributed by atoms with van der Waals surface area (Å²) in [4.78, 5) is 24.9. The third kappa shape index (κ3) is 4.41. The Labute approximate surface area is 157 Å². The monoisotopic (exact) mass is 363 g/mol. The maximum absolute atomic E-state index is 12.5. The maximum atomic E-state index is 12.5. The lowest BCUT2D eigenvalue weighted by atomic mass is 10.2. The molecule has 27 heavy (non-hydrogen) atoms. The number of amides is 1. The van der Waals surface area contributed by atoms with Crippen molar-refractivity contribution >= 4 is 5.91 Å². The maximum Gasteiger partial charge on any atom is 0.276 e. The molecule has 3 rings (SSSR count). The van der Waals surface area contributed by atoms with Gasteiger partial charge in [0.05, 0.1) is 18.4 Å². The zero-order valence-electron chi connectivity index (χ0n) is 15.3. The second-order valence-electron chi connectivity index (χ2n) is 6.04. The molecule has 138 valence electrons. The van der Waals surface area contributed by atoms with Gasteiger partial charge >= 0.3 is 0 Å². The predicted octanol–water partition coefficient (Wildman–Crippen LogP) is 2.87. The molecule has 6 heteroatoms. The molecule has 0 saturated heterocycles. The van der Waals surface area contributed by atoms with E-state index in [1.54, 1.807) is 0 Å². The van der Waals surface area contributed by atoms with E-state index in [2.05, 4.69) is 10.4 Å². The average Bonchev–Trinajstić information content (AvgIpc) is 2.68.